The molecule has 8 heteroatoms. The van der Waals surface area contributed by atoms with E-state index in [2.05, 4.69) is 15.3 Å². The summed E-state index contributed by atoms with van der Waals surface area (Å²) in [5.74, 6) is 0.595. The Kier molecular flexibility index (Phi) is 10.7. The number of hydrogen-bond acceptors (Lipinski definition) is 5. The van der Waals surface area contributed by atoms with Gasteiger partial charge in [0.25, 0.3) is 5.91 Å². The summed E-state index contributed by atoms with van der Waals surface area (Å²) in [5, 5.41) is 3.40. The van der Waals surface area contributed by atoms with Crippen LogP contribution < -0.4 is 10.1 Å². The molecule has 1 atom stereocenters. The lowest BCUT2D eigenvalue weighted by molar-refractivity contribution is -0.136. The normalized spacial score (nSPS) is 16.2. The van der Waals surface area contributed by atoms with E-state index in [1.165, 1.54) is 0 Å². The van der Waals surface area contributed by atoms with Crippen molar-refractivity contribution in [2.75, 3.05) is 19.7 Å². The molecule has 0 aliphatic carbocycles. The number of nitrogens with zero attached hydrogens (tertiary/aromatic N) is 3. The van der Waals surface area contributed by atoms with Crippen LogP contribution in [0.1, 0.15) is 25.0 Å². The second-order valence-corrected chi connectivity index (χ2v) is 6.15. The minimum absolute atomic E-state index is 0. The molecule has 1 aliphatic rings. The molecule has 0 saturated carbocycles. The van der Waals surface area contributed by atoms with Crippen LogP contribution in [0.5, 0.6) is 5.75 Å². The number of halogens is 2. The molecule has 2 aromatic heterocycles. The van der Waals surface area contributed by atoms with E-state index in [4.69, 9.17) is 4.74 Å². The van der Waals surface area contributed by atoms with Crippen molar-refractivity contribution in [2.24, 2.45) is 0 Å². The molecule has 1 amide bonds. The van der Waals surface area contributed by atoms with Crippen LogP contribution in [0, 0.1) is 0 Å². The van der Waals surface area contributed by atoms with Gasteiger partial charge >= 0.3 is 0 Å². The summed E-state index contributed by atoms with van der Waals surface area (Å²) >= 11 is 0. The Morgan fingerprint density at radius 3 is 2.78 bits per heavy atom. The highest BCUT2D eigenvalue weighted by Crippen LogP contribution is 2.17. The lowest BCUT2D eigenvalue weighted by Crippen LogP contribution is -2.43. The predicted octanol–water partition coefficient (Wildman–Crippen LogP) is 2.87. The zero-order chi connectivity index (χ0) is 17.3. The van der Waals surface area contributed by atoms with Crippen LogP contribution in [-0.2, 0) is 11.3 Å². The molecule has 2 aromatic rings. The lowest BCUT2D eigenvalue weighted by atomic mass is 10.1. The number of nitrogens with one attached hydrogen (secondary N) is 1. The largest absolute Gasteiger partial charge is 0.482 e. The molecule has 1 fully saturated rings. The Hall–Kier alpha value is -1.89. The number of pyridine rings is 2. The maximum Gasteiger partial charge on any atom is 0.261 e. The minimum Gasteiger partial charge on any atom is -0.482 e. The Balaban J connectivity index is 0.00000182. The second kappa shape index (κ2) is 12.5. The van der Waals surface area contributed by atoms with Crippen LogP contribution in [0.4, 0.5) is 0 Å². The smallest absolute Gasteiger partial charge is 0.261 e. The van der Waals surface area contributed by atoms with E-state index < -0.39 is 0 Å². The number of hydrogen-bond donors (Lipinski definition) is 1. The van der Waals surface area contributed by atoms with Crippen molar-refractivity contribution < 1.29 is 9.53 Å². The van der Waals surface area contributed by atoms with Crippen molar-refractivity contribution in [3.05, 3.63) is 54.6 Å². The second-order valence-electron chi connectivity index (χ2n) is 6.15. The quantitative estimate of drug-likeness (QED) is 0.789. The van der Waals surface area contributed by atoms with Crippen molar-refractivity contribution in [1.82, 2.24) is 20.2 Å². The molecular weight excluding hydrogens is 387 g/mol. The maximum absolute atomic E-state index is 12.9. The monoisotopic (exact) mass is 412 g/mol. The molecule has 1 unspecified atom stereocenters. The Bertz CT molecular complexity index is 653. The Morgan fingerprint density at radius 1 is 1.15 bits per heavy atom. The Morgan fingerprint density at radius 2 is 2.04 bits per heavy atom. The van der Waals surface area contributed by atoms with E-state index >= 15 is 0 Å². The molecule has 148 valence electrons. The van der Waals surface area contributed by atoms with E-state index in [0.717, 1.165) is 38.0 Å². The number of aromatic nitrogens is 2. The van der Waals surface area contributed by atoms with E-state index in [9.17, 15) is 4.79 Å². The maximum atomic E-state index is 12.9. The van der Waals surface area contributed by atoms with Gasteiger partial charge in [0.05, 0.1) is 18.4 Å². The number of rotatable bonds is 6. The molecule has 0 spiro atoms. The third kappa shape index (κ3) is 7.33. The van der Waals surface area contributed by atoms with Crippen LogP contribution in [-0.4, -0.2) is 46.5 Å². The Labute approximate surface area is 172 Å². The van der Waals surface area contributed by atoms with Crippen LogP contribution in [0.25, 0.3) is 0 Å². The molecule has 0 bridgehead atoms. The fraction of sp³-hybridized carbons (Fsp3) is 0.421. The van der Waals surface area contributed by atoms with Crippen LogP contribution in [0.15, 0.2) is 48.9 Å². The summed E-state index contributed by atoms with van der Waals surface area (Å²) in [7, 11) is 0. The fourth-order valence-electron chi connectivity index (χ4n) is 3.06. The molecule has 1 saturated heterocycles. The molecule has 0 aromatic carbocycles. The molecule has 3 rings (SSSR count). The van der Waals surface area contributed by atoms with Gasteiger partial charge in [0.15, 0.2) is 6.61 Å². The fourth-order valence-corrected chi connectivity index (χ4v) is 3.06. The van der Waals surface area contributed by atoms with E-state index in [0.29, 0.717) is 12.3 Å². The van der Waals surface area contributed by atoms with E-state index in [1.807, 2.05) is 23.1 Å². The highest BCUT2D eigenvalue weighted by molar-refractivity contribution is 5.85. The average molecular weight is 413 g/mol. The molecule has 3 heterocycles. The number of carbonyl (C=O) groups excluding carboxylic acids is 1. The van der Waals surface area contributed by atoms with Crippen molar-refractivity contribution in [3.63, 3.8) is 0 Å². The summed E-state index contributed by atoms with van der Waals surface area (Å²) in [5.41, 5.74) is 0.898. The van der Waals surface area contributed by atoms with Gasteiger partial charge in [-0.15, -0.1) is 24.8 Å². The minimum atomic E-state index is -0.0126. The first-order valence-electron chi connectivity index (χ1n) is 8.76. The molecule has 1 aliphatic heterocycles. The first kappa shape index (κ1) is 23.1. The topological polar surface area (TPSA) is 67.3 Å². The predicted molar refractivity (Wildman–Crippen MR) is 110 cm³/mol. The number of carbonyl (C=O) groups is 1. The first-order valence-corrected chi connectivity index (χ1v) is 8.76. The first-order chi connectivity index (χ1) is 12.3. The lowest BCUT2D eigenvalue weighted by Gasteiger charge is -2.31. The molecule has 0 radical (unpaired) electrons. The SMILES string of the molecule is Cl.Cl.O=C(COc1cccnc1)N(Cc1ccccn1)C1CCCNCC1. The number of amides is 1. The molecule has 1 N–H and O–H groups in total. The summed E-state index contributed by atoms with van der Waals surface area (Å²) in [6.07, 6.45) is 8.08. The van der Waals surface area contributed by atoms with Gasteiger partial charge in [-0.1, -0.05) is 6.07 Å². The van der Waals surface area contributed by atoms with Crippen LogP contribution >= 0.6 is 24.8 Å². The third-order valence-corrected chi connectivity index (χ3v) is 4.36. The van der Waals surface area contributed by atoms with Gasteiger partial charge in [-0.05, 0) is 56.6 Å². The van der Waals surface area contributed by atoms with Crippen molar-refractivity contribution in [2.45, 2.75) is 31.8 Å². The molecular formula is C19H26Cl2N4O2. The standard InChI is InChI=1S/C19H24N4O2.2ClH/c24-19(15-25-18-7-4-10-21-13-18)23(14-16-5-1-2-11-22-16)17-6-3-9-20-12-8-17;;/h1-2,4-5,7,10-11,13,17,20H,3,6,8-9,12,14-15H2;2*1H. The van der Waals surface area contributed by atoms with Gasteiger partial charge in [-0.2, -0.15) is 0 Å². The van der Waals surface area contributed by atoms with Gasteiger partial charge in [-0.25, -0.2) is 0 Å². The molecule has 6 nitrogen and oxygen atoms in total. The van der Waals surface area contributed by atoms with Crippen molar-refractivity contribution in [1.29, 1.82) is 0 Å². The zero-order valence-corrected chi connectivity index (χ0v) is 16.8. The van der Waals surface area contributed by atoms with Crippen LogP contribution in [0.2, 0.25) is 0 Å². The van der Waals surface area contributed by atoms with Gasteiger partial charge < -0.3 is 15.0 Å². The summed E-state index contributed by atoms with van der Waals surface area (Å²) in [4.78, 5) is 23.2. The third-order valence-electron chi connectivity index (χ3n) is 4.36. The highest BCUT2D eigenvalue weighted by atomic mass is 35.5. The van der Waals surface area contributed by atoms with Gasteiger partial charge in [0.1, 0.15) is 5.75 Å². The van der Waals surface area contributed by atoms with Gasteiger partial charge in [-0.3, -0.25) is 14.8 Å². The zero-order valence-electron chi connectivity index (χ0n) is 15.1. The summed E-state index contributed by atoms with van der Waals surface area (Å²) < 4.78 is 5.62. The van der Waals surface area contributed by atoms with E-state index in [-0.39, 0.29) is 43.4 Å². The van der Waals surface area contributed by atoms with Crippen LogP contribution in [0.3, 0.4) is 0 Å². The van der Waals surface area contributed by atoms with Gasteiger partial charge in [0, 0.05) is 18.4 Å². The summed E-state index contributed by atoms with van der Waals surface area (Å²) in [6, 6.07) is 9.60. The van der Waals surface area contributed by atoms with Crippen molar-refractivity contribution in [3.8, 4) is 5.75 Å². The number of ether oxygens (including phenoxy) is 1. The van der Waals surface area contributed by atoms with E-state index in [1.54, 1.807) is 30.7 Å². The summed E-state index contributed by atoms with van der Waals surface area (Å²) in [6.45, 7) is 2.47. The highest BCUT2D eigenvalue weighted by Gasteiger charge is 2.25. The van der Waals surface area contributed by atoms with Gasteiger partial charge in [0.2, 0.25) is 0 Å². The van der Waals surface area contributed by atoms with Crippen molar-refractivity contribution >= 4 is 30.7 Å². The molecule has 27 heavy (non-hydrogen) atoms. The average Bonchev–Trinajstić information content (AvgIpc) is 2.95.